The summed E-state index contributed by atoms with van der Waals surface area (Å²) in [5.74, 6) is -0.949. The topological polar surface area (TPSA) is 72.5 Å². The van der Waals surface area contributed by atoms with Gasteiger partial charge in [0.15, 0.2) is 0 Å². The maximum absolute atomic E-state index is 12.1. The first kappa shape index (κ1) is 18.1. The van der Waals surface area contributed by atoms with Gasteiger partial charge in [0.2, 0.25) is 0 Å². The molecule has 2 atom stereocenters. The Hall–Kier alpha value is -1.95. The average Bonchev–Trinajstić information content (AvgIpc) is 2.47. The van der Waals surface area contributed by atoms with Crippen LogP contribution in [0, 0.1) is 0 Å². The Morgan fingerprint density at radius 3 is 2.41 bits per heavy atom. The maximum atomic E-state index is 12.1. The molecule has 0 aliphatic heterocycles. The molecule has 0 spiro atoms. The molecule has 1 rings (SSSR count). The molecular formula is C16H21BNO4. The van der Waals surface area contributed by atoms with E-state index < -0.39 is 17.9 Å². The third-order valence-corrected chi connectivity index (χ3v) is 3.17. The lowest BCUT2D eigenvalue weighted by molar-refractivity contribution is -0.149. The van der Waals surface area contributed by atoms with Crippen molar-refractivity contribution in [2.75, 3.05) is 0 Å². The summed E-state index contributed by atoms with van der Waals surface area (Å²) >= 11 is 0. The highest BCUT2D eigenvalue weighted by molar-refractivity contribution is 6.64. The second-order valence-corrected chi connectivity index (χ2v) is 5.32. The number of carbonyl (C=O) groups is 3. The van der Waals surface area contributed by atoms with E-state index in [1.165, 1.54) is 6.92 Å². The molecule has 117 valence electrons. The summed E-state index contributed by atoms with van der Waals surface area (Å²) < 4.78 is 5.18. The number of hydrogen-bond acceptors (Lipinski definition) is 5. The zero-order valence-corrected chi connectivity index (χ0v) is 13.1. The molecule has 6 heteroatoms. The van der Waals surface area contributed by atoms with Crippen LogP contribution < -0.4 is 5.23 Å². The molecule has 0 aliphatic carbocycles. The lowest BCUT2D eigenvalue weighted by atomic mass is 9.86. The van der Waals surface area contributed by atoms with E-state index in [-0.39, 0.29) is 18.3 Å². The van der Waals surface area contributed by atoms with Gasteiger partial charge in [0.05, 0.1) is 18.3 Å². The number of ether oxygens (including phenoxy) is 1. The molecule has 0 saturated carbocycles. The molecule has 0 amide bonds. The van der Waals surface area contributed by atoms with E-state index in [9.17, 15) is 14.4 Å². The smallest absolute Gasteiger partial charge is 0.322 e. The van der Waals surface area contributed by atoms with Crippen molar-refractivity contribution < 1.29 is 19.1 Å². The lowest BCUT2D eigenvalue weighted by Crippen LogP contribution is -2.43. The quantitative estimate of drug-likeness (QED) is 0.425. The minimum Gasteiger partial charge on any atom is -0.462 e. The fourth-order valence-electron chi connectivity index (χ4n) is 2.16. The lowest BCUT2D eigenvalue weighted by Gasteiger charge is -2.22. The molecule has 0 heterocycles. The highest BCUT2D eigenvalue weighted by atomic mass is 16.5. The summed E-state index contributed by atoms with van der Waals surface area (Å²) in [4.78, 5) is 34.6. The van der Waals surface area contributed by atoms with Gasteiger partial charge in [-0.2, -0.15) is 0 Å². The van der Waals surface area contributed by atoms with Crippen molar-refractivity contribution in [1.82, 2.24) is 5.23 Å². The van der Waals surface area contributed by atoms with Crippen molar-refractivity contribution in [3.63, 3.8) is 0 Å². The van der Waals surface area contributed by atoms with E-state index in [2.05, 4.69) is 5.23 Å². The highest BCUT2D eigenvalue weighted by Gasteiger charge is 2.27. The molecule has 0 saturated heterocycles. The number of benzene rings is 1. The number of Topliss-reactive ketones (excluding diaryl/α,β-unsaturated/α-hetero) is 1. The van der Waals surface area contributed by atoms with Crippen LogP contribution >= 0.6 is 0 Å². The molecule has 0 aliphatic rings. The van der Waals surface area contributed by atoms with Crippen LogP contribution in [0.15, 0.2) is 30.3 Å². The van der Waals surface area contributed by atoms with Gasteiger partial charge in [-0.3, -0.25) is 9.59 Å². The van der Waals surface area contributed by atoms with Crippen molar-refractivity contribution in [2.45, 2.75) is 45.3 Å². The summed E-state index contributed by atoms with van der Waals surface area (Å²) in [5, 5.41) is 2.71. The SMILES string of the molecule is CC(=O)[C@@H](C[C@@H](N[B]C=O)C(=O)OC(C)C)c1ccccc1. The highest BCUT2D eigenvalue weighted by Crippen LogP contribution is 2.23. The van der Waals surface area contributed by atoms with Gasteiger partial charge in [-0.25, -0.2) is 0 Å². The summed E-state index contributed by atoms with van der Waals surface area (Å²) in [6.07, 6.45) is 0.524. The maximum Gasteiger partial charge on any atom is 0.322 e. The summed E-state index contributed by atoms with van der Waals surface area (Å²) in [5.41, 5.74) is 0.838. The van der Waals surface area contributed by atoms with Gasteiger partial charge in [0.25, 0.3) is 7.41 Å². The second kappa shape index (κ2) is 9.15. The molecule has 1 aromatic rings. The van der Waals surface area contributed by atoms with Gasteiger partial charge in [-0.15, -0.1) is 0 Å². The third kappa shape index (κ3) is 5.81. The normalized spacial score (nSPS) is 13.3. The van der Waals surface area contributed by atoms with Crippen molar-refractivity contribution in [3.8, 4) is 0 Å². The van der Waals surface area contributed by atoms with Crippen LogP contribution in [-0.2, 0) is 19.1 Å². The first-order valence-electron chi connectivity index (χ1n) is 7.24. The summed E-state index contributed by atoms with van der Waals surface area (Å²) in [7, 11) is 1.15. The number of ketones is 1. The third-order valence-electron chi connectivity index (χ3n) is 3.17. The monoisotopic (exact) mass is 302 g/mol. The van der Waals surface area contributed by atoms with Gasteiger partial charge < -0.3 is 14.8 Å². The minimum absolute atomic E-state index is 0.0403. The largest absolute Gasteiger partial charge is 0.462 e. The molecule has 22 heavy (non-hydrogen) atoms. The molecule has 0 fully saturated rings. The Kier molecular flexibility index (Phi) is 7.53. The van der Waals surface area contributed by atoms with Crippen LogP contribution in [0.2, 0.25) is 0 Å². The van der Waals surface area contributed by atoms with Gasteiger partial charge >= 0.3 is 5.97 Å². The van der Waals surface area contributed by atoms with Crippen molar-refractivity contribution in [1.29, 1.82) is 0 Å². The molecular weight excluding hydrogens is 281 g/mol. The van der Waals surface area contributed by atoms with Crippen LogP contribution in [0.1, 0.15) is 38.7 Å². The summed E-state index contributed by atoms with van der Waals surface area (Å²) in [6, 6.07) is 8.50. The van der Waals surface area contributed by atoms with E-state index in [4.69, 9.17) is 4.74 Å². The van der Waals surface area contributed by atoms with Crippen LogP contribution in [0.4, 0.5) is 0 Å². The Bertz CT molecular complexity index is 504. The fourth-order valence-corrected chi connectivity index (χ4v) is 2.16. The van der Waals surface area contributed by atoms with Gasteiger partial charge in [0.1, 0.15) is 5.78 Å². The number of nitrogens with one attached hydrogen (secondary N) is 1. The van der Waals surface area contributed by atoms with Crippen LogP contribution in [-0.4, -0.2) is 37.5 Å². The van der Waals surface area contributed by atoms with Crippen LogP contribution in [0.25, 0.3) is 0 Å². The standard InChI is InChI=1S/C16H21BNO4/c1-11(2)22-16(21)15(18-17-10-19)9-14(12(3)20)13-7-5-4-6-8-13/h4-8,10-11,14-15,18H,9H2,1-3H3/t14-,15-/m1/s1. The molecule has 1 radical (unpaired) electrons. The number of carbonyl (C=O) groups excluding carboxylic acids is 3. The second-order valence-electron chi connectivity index (χ2n) is 5.32. The van der Waals surface area contributed by atoms with Gasteiger partial charge in [0, 0.05) is 5.92 Å². The molecule has 1 aromatic carbocycles. The minimum atomic E-state index is -0.748. The molecule has 0 aromatic heterocycles. The van der Waals surface area contributed by atoms with E-state index in [0.717, 1.165) is 13.0 Å². The summed E-state index contributed by atoms with van der Waals surface area (Å²) in [6.45, 7) is 4.99. The van der Waals surface area contributed by atoms with Crippen LogP contribution in [0.3, 0.4) is 0 Å². The zero-order valence-electron chi connectivity index (χ0n) is 13.1. The van der Waals surface area contributed by atoms with E-state index in [1.807, 2.05) is 30.3 Å². The fraction of sp³-hybridized carbons (Fsp3) is 0.438. The van der Waals surface area contributed by atoms with Gasteiger partial charge in [-0.05, 0) is 32.8 Å². The van der Waals surface area contributed by atoms with E-state index >= 15 is 0 Å². The predicted molar refractivity (Wildman–Crippen MR) is 85.1 cm³/mol. The number of hydrogen-bond donors (Lipinski definition) is 1. The molecule has 0 unspecified atom stereocenters. The van der Waals surface area contributed by atoms with Gasteiger partial charge in [-0.1, -0.05) is 30.3 Å². The first-order valence-corrected chi connectivity index (χ1v) is 7.24. The molecule has 0 bridgehead atoms. The van der Waals surface area contributed by atoms with Crippen molar-refractivity contribution >= 4 is 25.4 Å². The van der Waals surface area contributed by atoms with Crippen molar-refractivity contribution in [3.05, 3.63) is 35.9 Å². The first-order chi connectivity index (χ1) is 10.5. The molecule has 5 nitrogen and oxygen atoms in total. The van der Waals surface area contributed by atoms with Crippen LogP contribution in [0.5, 0.6) is 0 Å². The Morgan fingerprint density at radius 1 is 1.27 bits per heavy atom. The van der Waals surface area contributed by atoms with E-state index in [0.29, 0.717) is 6.19 Å². The number of rotatable bonds is 9. The number of esters is 1. The average molecular weight is 302 g/mol. The molecule has 1 N–H and O–H groups in total. The zero-order chi connectivity index (χ0) is 16.5. The van der Waals surface area contributed by atoms with E-state index in [1.54, 1.807) is 13.8 Å². The Labute approximate surface area is 131 Å². The van der Waals surface area contributed by atoms with Crippen molar-refractivity contribution in [2.24, 2.45) is 0 Å². The Morgan fingerprint density at radius 2 is 1.91 bits per heavy atom. The predicted octanol–water partition coefficient (Wildman–Crippen LogP) is 1.47. The Balaban J connectivity index is 2.90.